The lowest BCUT2D eigenvalue weighted by Gasteiger charge is -2.19. The van der Waals surface area contributed by atoms with Gasteiger partial charge in [0.15, 0.2) is 0 Å². The molecule has 0 radical (unpaired) electrons. The summed E-state index contributed by atoms with van der Waals surface area (Å²) >= 11 is 0. The van der Waals surface area contributed by atoms with E-state index in [-0.39, 0.29) is 24.3 Å². The second-order valence-corrected chi connectivity index (χ2v) is 4.19. The summed E-state index contributed by atoms with van der Waals surface area (Å²) in [6.45, 7) is 5.69. The van der Waals surface area contributed by atoms with E-state index in [1.807, 2.05) is 0 Å². The molecule has 106 valence electrons. The normalized spacial score (nSPS) is 12.3. The number of carbonyl (C=O) groups excluding carboxylic acids is 2. The molecule has 0 aromatic heterocycles. The van der Waals surface area contributed by atoms with Gasteiger partial charge in [-0.25, -0.2) is 0 Å². The lowest BCUT2D eigenvalue weighted by Crippen LogP contribution is -2.39. The van der Waals surface area contributed by atoms with E-state index >= 15 is 0 Å². The number of likely N-dealkylation sites (N-methyl/N-ethyl adjacent to an activating group) is 1. The summed E-state index contributed by atoms with van der Waals surface area (Å²) < 4.78 is 9.74. The minimum atomic E-state index is -0.235. The van der Waals surface area contributed by atoms with Crippen molar-refractivity contribution in [3.63, 3.8) is 0 Å². The molecule has 0 aromatic rings. The lowest BCUT2D eigenvalue weighted by molar-refractivity contribution is -0.148. The Morgan fingerprint density at radius 2 is 2.06 bits per heavy atom. The third-order valence-electron chi connectivity index (χ3n) is 2.32. The standard InChI is InChI=1S/C12H24N2O4/c1-5-18-12(16)10(2)8-14(3)9-11(15)13-6-7-17-4/h10H,5-9H2,1-4H3,(H,13,15). The molecule has 1 atom stereocenters. The molecule has 0 heterocycles. The second-order valence-electron chi connectivity index (χ2n) is 4.19. The average molecular weight is 260 g/mol. The highest BCUT2D eigenvalue weighted by Crippen LogP contribution is 2.01. The smallest absolute Gasteiger partial charge is 0.309 e. The van der Waals surface area contributed by atoms with Crippen LogP contribution in [0.5, 0.6) is 0 Å². The maximum absolute atomic E-state index is 11.5. The van der Waals surface area contributed by atoms with E-state index in [0.717, 1.165) is 0 Å². The van der Waals surface area contributed by atoms with E-state index in [4.69, 9.17) is 9.47 Å². The van der Waals surface area contributed by atoms with Crippen LogP contribution in [-0.4, -0.2) is 63.8 Å². The van der Waals surface area contributed by atoms with Crippen molar-refractivity contribution in [3.8, 4) is 0 Å². The molecule has 0 saturated carbocycles. The van der Waals surface area contributed by atoms with Crippen LogP contribution in [0.4, 0.5) is 0 Å². The summed E-state index contributed by atoms with van der Waals surface area (Å²) in [6, 6.07) is 0. The van der Waals surface area contributed by atoms with Crippen LogP contribution < -0.4 is 5.32 Å². The van der Waals surface area contributed by atoms with Crippen molar-refractivity contribution >= 4 is 11.9 Å². The van der Waals surface area contributed by atoms with Crippen LogP contribution in [-0.2, 0) is 19.1 Å². The van der Waals surface area contributed by atoms with Gasteiger partial charge in [-0.2, -0.15) is 0 Å². The molecule has 0 aromatic carbocycles. The van der Waals surface area contributed by atoms with E-state index < -0.39 is 0 Å². The van der Waals surface area contributed by atoms with E-state index in [1.165, 1.54) is 0 Å². The van der Waals surface area contributed by atoms with Gasteiger partial charge in [-0.1, -0.05) is 6.92 Å². The van der Waals surface area contributed by atoms with Crippen LogP contribution in [0.2, 0.25) is 0 Å². The SMILES string of the molecule is CCOC(=O)C(C)CN(C)CC(=O)NCCOC. The molecule has 0 rings (SSSR count). The van der Waals surface area contributed by atoms with E-state index in [0.29, 0.717) is 26.3 Å². The second kappa shape index (κ2) is 9.85. The number of methoxy groups -OCH3 is 1. The van der Waals surface area contributed by atoms with E-state index in [9.17, 15) is 9.59 Å². The van der Waals surface area contributed by atoms with E-state index in [1.54, 1.807) is 32.9 Å². The van der Waals surface area contributed by atoms with Crippen LogP contribution in [0.25, 0.3) is 0 Å². The van der Waals surface area contributed by atoms with Gasteiger partial charge >= 0.3 is 5.97 Å². The third-order valence-corrected chi connectivity index (χ3v) is 2.32. The topological polar surface area (TPSA) is 67.9 Å². The van der Waals surface area contributed by atoms with Crippen molar-refractivity contribution in [2.45, 2.75) is 13.8 Å². The molecule has 0 saturated heterocycles. The Bertz CT molecular complexity index is 258. The number of carbonyl (C=O) groups is 2. The number of hydrogen-bond acceptors (Lipinski definition) is 5. The molecule has 18 heavy (non-hydrogen) atoms. The fraction of sp³-hybridized carbons (Fsp3) is 0.833. The van der Waals surface area contributed by atoms with Crippen molar-refractivity contribution < 1.29 is 19.1 Å². The fourth-order valence-corrected chi connectivity index (χ4v) is 1.48. The number of nitrogens with zero attached hydrogens (tertiary/aromatic N) is 1. The molecule has 0 bridgehead atoms. The zero-order valence-electron chi connectivity index (χ0n) is 11.7. The summed E-state index contributed by atoms with van der Waals surface area (Å²) in [5, 5.41) is 2.72. The molecule has 0 aliphatic carbocycles. The van der Waals surface area contributed by atoms with Crippen LogP contribution in [0.3, 0.4) is 0 Å². The average Bonchev–Trinajstić information content (AvgIpc) is 2.29. The Hall–Kier alpha value is -1.14. The van der Waals surface area contributed by atoms with Crippen LogP contribution in [0, 0.1) is 5.92 Å². The molecule has 0 fully saturated rings. The zero-order chi connectivity index (χ0) is 14.0. The number of rotatable bonds is 9. The Kier molecular flexibility index (Phi) is 9.22. The summed E-state index contributed by atoms with van der Waals surface area (Å²) in [5.74, 6) is -0.545. The first-order valence-corrected chi connectivity index (χ1v) is 6.12. The van der Waals surface area contributed by atoms with Gasteiger partial charge in [0.2, 0.25) is 5.91 Å². The van der Waals surface area contributed by atoms with Crippen molar-refractivity contribution in [1.29, 1.82) is 0 Å². The summed E-state index contributed by atoms with van der Waals surface area (Å²) in [7, 11) is 3.38. The molecule has 0 aliphatic rings. The number of nitrogens with one attached hydrogen (secondary N) is 1. The first-order chi connectivity index (χ1) is 8.51. The van der Waals surface area contributed by atoms with Gasteiger partial charge in [0.25, 0.3) is 0 Å². The minimum absolute atomic E-state index is 0.0781. The molecule has 6 nitrogen and oxygen atoms in total. The van der Waals surface area contributed by atoms with E-state index in [2.05, 4.69) is 5.32 Å². The predicted octanol–water partition coefficient (Wildman–Crippen LogP) is -0.120. The molecule has 1 amide bonds. The molecular weight excluding hydrogens is 236 g/mol. The highest BCUT2D eigenvalue weighted by atomic mass is 16.5. The summed E-state index contributed by atoms with van der Waals surface area (Å²) in [6.07, 6.45) is 0. The molecule has 1 N–H and O–H groups in total. The largest absolute Gasteiger partial charge is 0.466 e. The maximum Gasteiger partial charge on any atom is 0.309 e. The number of esters is 1. The van der Waals surface area contributed by atoms with Crippen molar-refractivity contribution in [2.24, 2.45) is 5.92 Å². The molecule has 0 aliphatic heterocycles. The lowest BCUT2D eigenvalue weighted by atomic mass is 10.2. The zero-order valence-corrected chi connectivity index (χ0v) is 11.7. The van der Waals surface area contributed by atoms with Gasteiger partial charge in [-0.05, 0) is 14.0 Å². The highest BCUT2D eigenvalue weighted by Gasteiger charge is 2.17. The fourth-order valence-electron chi connectivity index (χ4n) is 1.48. The van der Waals surface area contributed by atoms with Gasteiger partial charge in [-0.15, -0.1) is 0 Å². The summed E-state index contributed by atoms with van der Waals surface area (Å²) in [4.78, 5) is 24.7. The van der Waals surface area contributed by atoms with Crippen molar-refractivity contribution in [1.82, 2.24) is 10.2 Å². The van der Waals surface area contributed by atoms with Gasteiger partial charge in [0.05, 0.1) is 25.7 Å². The quantitative estimate of drug-likeness (QED) is 0.462. The monoisotopic (exact) mass is 260 g/mol. The predicted molar refractivity (Wildman–Crippen MR) is 68.2 cm³/mol. The first-order valence-electron chi connectivity index (χ1n) is 6.12. The van der Waals surface area contributed by atoms with Gasteiger partial charge < -0.3 is 14.8 Å². The molecule has 0 spiro atoms. The molecule has 6 heteroatoms. The van der Waals surface area contributed by atoms with Crippen LogP contribution >= 0.6 is 0 Å². The number of hydrogen-bond donors (Lipinski definition) is 1. The number of amides is 1. The van der Waals surface area contributed by atoms with Crippen LogP contribution in [0.1, 0.15) is 13.8 Å². The maximum atomic E-state index is 11.5. The Balaban J connectivity index is 3.84. The minimum Gasteiger partial charge on any atom is -0.466 e. The van der Waals surface area contributed by atoms with Gasteiger partial charge in [0, 0.05) is 20.2 Å². The van der Waals surface area contributed by atoms with Crippen molar-refractivity contribution in [2.75, 3.05) is 47.0 Å². The third kappa shape index (κ3) is 8.03. The molecule has 1 unspecified atom stereocenters. The summed E-state index contributed by atoms with van der Waals surface area (Å²) in [5.41, 5.74) is 0. The Morgan fingerprint density at radius 3 is 2.61 bits per heavy atom. The molecular formula is C12H24N2O4. The highest BCUT2D eigenvalue weighted by molar-refractivity contribution is 5.78. The Labute approximate surface area is 109 Å². The van der Waals surface area contributed by atoms with Crippen LogP contribution in [0.15, 0.2) is 0 Å². The first kappa shape index (κ1) is 16.9. The van der Waals surface area contributed by atoms with Crippen molar-refractivity contribution in [3.05, 3.63) is 0 Å². The van der Waals surface area contributed by atoms with Gasteiger partial charge in [0.1, 0.15) is 0 Å². The Morgan fingerprint density at radius 1 is 1.39 bits per heavy atom. The van der Waals surface area contributed by atoms with Gasteiger partial charge in [-0.3, -0.25) is 14.5 Å². The number of ether oxygens (including phenoxy) is 2.